The Bertz CT molecular complexity index is 598. The van der Waals surface area contributed by atoms with E-state index in [-0.39, 0.29) is 0 Å². The number of para-hydroxylation sites is 2. The second kappa shape index (κ2) is 5.65. The summed E-state index contributed by atoms with van der Waals surface area (Å²) in [4.78, 5) is 11.9. The maximum absolute atomic E-state index is 11.9. The molecule has 1 aliphatic rings. The van der Waals surface area contributed by atoms with E-state index in [1.807, 2.05) is 41.4 Å². The number of rotatable bonds is 2. The third-order valence-corrected chi connectivity index (χ3v) is 3.29. The first kappa shape index (κ1) is 12.5. The Morgan fingerprint density at radius 1 is 1.05 bits per heavy atom. The zero-order valence-electron chi connectivity index (χ0n) is 11.1. The molecule has 20 heavy (non-hydrogen) atoms. The van der Waals surface area contributed by atoms with Crippen LogP contribution < -0.4 is 15.2 Å². The Kier molecular flexibility index (Phi) is 3.54. The second-order valence-electron chi connectivity index (χ2n) is 4.70. The maximum atomic E-state index is 11.9. The van der Waals surface area contributed by atoms with Crippen LogP contribution in [0.25, 0.3) is 0 Å². The van der Waals surface area contributed by atoms with Crippen molar-refractivity contribution in [3.8, 4) is 5.75 Å². The van der Waals surface area contributed by atoms with Gasteiger partial charge in [-0.15, -0.1) is 0 Å². The van der Waals surface area contributed by atoms with E-state index in [1.165, 1.54) is 5.56 Å². The first-order chi connectivity index (χ1) is 9.83. The van der Waals surface area contributed by atoms with Crippen LogP contribution >= 0.6 is 0 Å². The average molecular weight is 268 g/mol. The normalized spacial score (nSPS) is 13.5. The zero-order valence-corrected chi connectivity index (χ0v) is 11.1. The Labute approximate surface area is 117 Å². The third-order valence-electron chi connectivity index (χ3n) is 3.29. The summed E-state index contributed by atoms with van der Waals surface area (Å²) in [6.45, 7) is 0.793. The summed E-state index contributed by atoms with van der Waals surface area (Å²) in [5, 5.41) is 1.85. The Morgan fingerprint density at radius 2 is 1.80 bits per heavy atom. The molecule has 0 fully saturated rings. The summed E-state index contributed by atoms with van der Waals surface area (Å²) in [6.07, 6.45) is 1.60. The van der Waals surface area contributed by atoms with E-state index in [9.17, 15) is 4.79 Å². The van der Waals surface area contributed by atoms with Gasteiger partial charge in [-0.1, -0.05) is 36.4 Å². The zero-order chi connectivity index (χ0) is 13.8. The molecule has 0 unspecified atom stereocenters. The van der Waals surface area contributed by atoms with Crippen molar-refractivity contribution in [2.24, 2.45) is 0 Å². The quantitative estimate of drug-likeness (QED) is 0.909. The largest absolute Gasteiger partial charge is 0.431 e. The smallest absolute Gasteiger partial charge is 0.409 e. The molecule has 2 aromatic carbocycles. The van der Waals surface area contributed by atoms with Gasteiger partial charge in [0.15, 0.2) is 0 Å². The number of nitrogens with one attached hydrogen (secondary N) is 1. The predicted octanol–water partition coefficient (Wildman–Crippen LogP) is 3.14. The number of hydrogen-bond donors (Lipinski definition) is 1. The first-order valence-electron chi connectivity index (χ1n) is 6.72. The summed E-state index contributed by atoms with van der Waals surface area (Å²) in [5.41, 5.74) is 5.09. The van der Waals surface area contributed by atoms with Gasteiger partial charge in [-0.05, 0) is 36.6 Å². The van der Waals surface area contributed by atoms with Crippen molar-refractivity contribution in [3.63, 3.8) is 0 Å². The molecule has 0 aliphatic carbocycles. The van der Waals surface area contributed by atoms with E-state index in [4.69, 9.17) is 4.74 Å². The van der Waals surface area contributed by atoms with Crippen molar-refractivity contribution in [3.05, 3.63) is 60.2 Å². The number of hydrogen-bond acceptors (Lipinski definition) is 3. The highest BCUT2D eigenvalue weighted by atomic mass is 16.6. The van der Waals surface area contributed by atoms with Crippen molar-refractivity contribution < 1.29 is 9.53 Å². The molecule has 0 saturated carbocycles. The van der Waals surface area contributed by atoms with Crippen LogP contribution in [0.1, 0.15) is 12.0 Å². The molecule has 0 atom stereocenters. The van der Waals surface area contributed by atoms with Gasteiger partial charge < -0.3 is 4.74 Å². The lowest BCUT2D eigenvalue weighted by Gasteiger charge is -2.30. The van der Waals surface area contributed by atoms with Crippen LogP contribution in [0.3, 0.4) is 0 Å². The van der Waals surface area contributed by atoms with Gasteiger partial charge in [-0.2, -0.15) is 0 Å². The minimum absolute atomic E-state index is 0.465. The van der Waals surface area contributed by atoms with Crippen LogP contribution in [0.2, 0.25) is 0 Å². The van der Waals surface area contributed by atoms with Crippen molar-refractivity contribution in [2.45, 2.75) is 12.8 Å². The van der Waals surface area contributed by atoms with Crippen LogP contribution in [0.15, 0.2) is 54.6 Å². The highest BCUT2D eigenvalue weighted by Gasteiger charge is 2.18. The monoisotopic (exact) mass is 268 g/mol. The standard InChI is InChI=1S/C16H16N2O2/c19-16(20-14-9-2-1-3-10-14)17-18-12-6-8-13-7-4-5-11-15(13)18/h1-5,7,9-11H,6,8,12H2,(H,17,19). The van der Waals surface area contributed by atoms with E-state index in [0.717, 1.165) is 25.1 Å². The maximum Gasteiger partial charge on any atom is 0.431 e. The van der Waals surface area contributed by atoms with E-state index in [1.54, 1.807) is 12.1 Å². The number of hydrazine groups is 1. The van der Waals surface area contributed by atoms with Crippen LogP contribution in [-0.4, -0.2) is 12.6 Å². The Balaban J connectivity index is 1.68. The highest BCUT2D eigenvalue weighted by molar-refractivity contribution is 5.73. The molecule has 0 radical (unpaired) electrons. The van der Waals surface area contributed by atoms with Crippen molar-refractivity contribution in [2.75, 3.05) is 11.6 Å². The SMILES string of the molecule is O=C(NN1CCCc2ccccc21)Oc1ccccc1. The van der Waals surface area contributed by atoms with Gasteiger partial charge in [0.05, 0.1) is 5.69 Å². The Hall–Kier alpha value is -2.49. The lowest BCUT2D eigenvalue weighted by atomic mass is 10.0. The van der Waals surface area contributed by atoms with Crippen LogP contribution in [0.5, 0.6) is 5.75 Å². The van der Waals surface area contributed by atoms with Gasteiger partial charge in [-0.3, -0.25) is 5.01 Å². The fraction of sp³-hybridized carbons (Fsp3) is 0.188. The number of ether oxygens (including phenoxy) is 1. The molecule has 0 aromatic heterocycles. The molecular formula is C16H16N2O2. The lowest BCUT2D eigenvalue weighted by Crippen LogP contribution is -2.46. The van der Waals surface area contributed by atoms with E-state index in [2.05, 4.69) is 11.5 Å². The second-order valence-corrected chi connectivity index (χ2v) is 4.70. The summed E-state index contributed by atoms with van der Waals surface area (Å²) in [6, 6.07) is 17.1. The summed E-state index contributed by atoms with van der Waals surface area (Å²) in [5.74, 6) is 0.537. The summed E-state index contributed by atoms with van der Waals surface area (Å²) >= 11 is 0. The van der Waals surface area contributed by atoms with Gasteiger partial charge in [0, 0.05) is 6.54 Å². The molecule has 4 heteroatoms. The van der Waals surface area contributed by atoms with Gasteiger partial charge in [0.1, 0.15) is 5.75 Å². The first-order valence-corrected chi connectivity index (χ1v) is 6.72. The average Bonchev–Trinajstić information content (AvgIpc) is 2.48. The van der Waals surface area contributed by atoms with Gasteiger partial charge >= 0.3 is 6.09 Å². The molecular weight excluding hydrogens is 252 g/mol. The van der Waals surface area contributed by atoms with Gasteiger partial charge in [-0.25, -0.2) is 10.2 Å². The number of carbonyl (C=O) groups is 1. The predicted molar refractivity (Wildman–Crippen MR) is 77.7 cm³/mol. The molecule has 0 spiro atoms. The molecule has 1 heterocycles. The number of benzene rings is 2. The van der Waals surface area contributed by atoms with E-state index < -0.39 is 6.09 Å². The van der Waals surface area contributed by atoms with Crippen molar-refractivity contribution >= 4 is 11.8 Å². The van der Waals surface area contributed by atoms with Crippen molar-refractivity contribution in [1.29, 1.82) is 0 Å². The molecule has 1 aliphatic heterocycles. The molecule has 102 valence electrons. The number of fused-ring (bicyclic) bond motifs is 1. The molecule has 1 amide bonds. The van der Waals surface area contributed by atoms with E-state index in [0.29, 0.717) is 5.75 Å². The third kappa shape index (κ3) is 2.74. The molecule has 4 nitrogen and oxygen atoms in total. The Morgan fingerprint density at radius 3 is 2.65 bits per heavy atom. The fourth-order valence-electron chi connectivity index (χ4n) is 2.38. The van der Waals surface area contributed by atoms with Crippen molar-refractivity contribution in [1.82, 2.24) is 5.43 Å². The summed E-state index contributed by atoms with van der Waals surface area (Å²) < 4.78 is 5.24. The number of anilines is 1. The minimum atomic E-state index is -0.465. The minimum Gasteiger partial charge on any atom is -0.409 e. The van der Waals surface area contributed by atoms with Crippen LogP contribution in [0, 0.1) is 0 Å². The number of carbonyl (C=O) groups excluding carboxylic acids is 1. The van der Waals surface area contributed by atoms with Gasteiger partial charge in [0.25, 0.3) is 0 Å². The van der Waals surface area contributed by atoms with E-state index >= 15 is 0 Å². The van der Waals surface area contributed by atoms with Crippen LogP contribution in [0.4, 0.5) is 10.5 Å². The molecule has 3 rings (SSSR count). The topological polar surface area (TPSA) is 41.6 Å². The fourth-order valence-corrected chi connectivity index (χ4v) is 2.38. The number of aryl methyl sites for hydroxylation is 1. The molecule has 0 saturated heterocycles. The molecule has 0 bridgehead atoms. The van der Waals surface area contributed by atoms with Crippen LogP contribution in [-0.2, 0) is 6.42 Å². The number of amides is 1. The van der Waals surface area contributed by atoms with Gasteiger partial charge in [0.2, 0.25) is 0 Å². The lowest BCUT2D eigenvalue weighted by molar-refractivity contribution is 0.199. The molecule has 1 N–H and O–H groups in total. The highest BCUT2D eigenvalue weighted by Crippen LogP contribution is 2.25. The number of nitrogens with zero attached hydrogens (tertiary/aromatic N) is 1. The summed E-state index contributed by atoms with van der Waals surface area (Å²) in [7, 11) is 0. The molecule has 2 aromatic rings.